The van der Waals surface area contributed by atoms with Crippen LogP contribution in [0.4, 0.5) is 0 Å². The van der Waals surface area contributed by atoms with Crippen molar-refractivity contribution in [2.75, 3.05) is 26.9 Å². The number of hydrogen-bond acceptors (Lipinski definition) is 4. The molecule has 1 aromatic carbocycles. The summed E-state index contributed by atoms with van der Waals surface area (Å²) in [5.74, 6) is 1.59. The molecule has 0 heterocycles. The average molecular weight is 295 g/mol. The summed E-state index contributed by atoms with van der Waals surface area (Å²) in [5, 5.41) is 3.54. The topological polar surface area (TPSA) is 39.7 Å². The van der Waals surface area contributed by atoms with Crippen LogP contribution in [-0.4, -0.2) is 33.0 Å². The first-order valence-corrected chi connectivity index (χ1v) is 7.83. The zero-order chi connectivity index (χ0) is 15.7. The Hall–Kier alpha value is -1.26. The van der Waals surface area contributed by atoms with Gasteiger partial charge in [0.05, 0.1) is 25.4 Å². The van der Waals surface area contributed by atoms with Crippen LogP contribution in [0.25, 0.3) is 0 Å². The quantitative estimate of drug-likeness (QED) is 0.716. The fourth-order valence-electron chi connectivity index (χ4n) is 2.25. The van der Waals surface area contributed by atoms with Gasteiger partial charge in [-0.05, 0) is 51.4 Å². The molecule has 0 saturated carbocycles. The van der Waals surface area contributed by atoms with Crippen molar-refractivity contribution in [2.24, 2.45) is 0 Å². The Bertz CT molecular complexity index is 409. The van der Waals surface area contributed by atoms with E-state index >= 15 is 0 Å². The number of hydrogen-bond donors (Lipinski definition) is 1. The summed E-state index contributed by atoms with van der Waals surface area (Å²) in [5.41, 5.74) is 1.16. The Morgan fingerprint density at radius 2 is 1.71 bits per heavy atom. The number of benzene rings is 1. The average Bonchev–Trinajstić information content (AvgIpc) is 2.50. The Balaban J connectivity index is 3.03. The molecule has 120 valence electrons. The molecule has 2 unspecified atom stereocenters. The summed E-state index contributed by atoms with van der Waals surface area (Å²) in [6, 6.07) is 6.26. The highest BCUT2D eigenvalue weighted by Gasteiger charge is 2.20. The van der Waals surface area contributed by atoms with Crippen LogP contribution in [-0.2, 0) is 4.74 Å². The summed E-state index contributed by atoms with van der Waals surface area (Å²) in [7, 11) is 1.74. The van der Waals surface area contributed by atoms with Gasteiger partial charge >= 0.3 is 0 Å². The summed E-state index contributed by atoms with van der Waals surface area (Å²) >= 11 is 0. The van der Waals surface area contributed by atoms with E-state index < -0.39 is 0 Å². The highest BCUT2D eigenvalue weighted by atomic mass is 16.5. The van der Waals surface area contributed by atoms with Crippen molar-refractivity contribution in [3.63, 3.8) is 0 Å². The van der Waals surface area contributed by atoms with E-state index in [4.69, 9.17) is 14.2 Å². The van der Waals surface area contributed by atoms with E-state index in [0.717, 1.165) is 30.0 Å². The highest BCUT2D eigenvalue weighted by Crippen LogP contribution is 2.32. The first-order chi connectivity index (χ1) is 10.2. The predicted octanol–water partition coefficient (Wildman–Crippen LogP) is 3.56. The van der Waals surface area contributed by atoms with E-state index in [1.165, 1.54) is 0 Å². The second kappa shape index (κ2) is 9.64. The third kappa shape index (κ3) is 5.21. The molecule has 0 spiro atoms. The Kier molecular flexibility index (Phi) is 8.16. The molecule has 0 radical (unpaired) electrons. The van der Waals surface area contributed by atoms with Crippen molar-refractivity contribution >= 4 is 0 Å². The second-order valence-corrected chi connectivity index (χ2v) is 4.94. The molecule has 1 aromatic rings. The zero-order valence-electron chi connectivity index (χ0n) is 13.9. The molecular weight excluding hydrogens is 266 g/mol. The van der Waals surface area contributed by atoms with Crippen molar-refractivity contribution in [3.05, 3.63) is 23.8 Å². The summed E-state index contributed by atoms with van der Waals surface area (Å²) in [4.78, 5) is 0. The zero-order valence-corrected chi connectivity index (χ0v) is 13.9. The molecule has 0 saturated heterocycles. The molecule has 4 nitrogen and oxygen atoms in total. The number of methoxy groups -OCH3 is 1. The van der Waals surface area contributed by atoms with Gasteiger partial charge in [-0.15, -0.1) is 0 Å². The molecule has 0 aliphatic rings. The number of rotatable bonds is 10. The van der Waals surface area contributed by atoms with Crippen molar-refractivity contribution in [2.45, 2.75) is 46.3 Å². The van der Waals surface area contributed by atoms with Crippen LogP contribution in [0.5, 0.6) is 11.5 Å². The van der Waals surface area contributed by atoms with Crippen LogP contribution >= 0.6 is 0 Å². The minimum Gasteiger partial charge on any atom is -0.490 e. The molecule has 1 N–H and O–H groups in total. The molecule has 0 amide bonds. The van der Waals surface area contributed by atoms with Crippen LogP contribution in [0, 0.1) is 0 Å². The lowest BCUT2D eigenvalue weighted by Crippen LogP contribution is -2.32. The Morgan fingerprint density at radius 3 is 2.29 bits per heavy atom. The fourth-order valence-corrected chi connectivity index (χ4v) is 2.25. The summed E-state index contributed by atoms with van der Waals surface area (Å²) in [6.07, 6.45) is 1.17. The first kappa shape index (κ1) is 17.8. The number of ether oxygens (including phenoxy) is 3. The van der Waals surface area contributed by atoms with Gasteiger partial charge in [0.1, 0.15) is 0 Å². The molecule has 0 aliphatic carbocycles. The van der Waals surface area contributed by atoms with Crippen molar-refractivity contribution in [1.29, 1.82) is 0 Å². The smallest absolute Gasteiger partial charge is 0.161 e. The molecule has 0 bridgehead atoms. The van der Waals surface area contributed by atoms with Gasteiger partial charge in [-0.25, -0.2) is 0 Å². The lowest BCUT2D eigenvalue weighted by Gasteiger charge is -2.25. The normalized spacial score (nSPS) is 13.8. The Morgan fingerprint density at radius 1 is 1.05 bits per heavy atom. The number of nitrogens with one attached hydrogen (secondary N) is 1. The standard InChI is InChI=1S/C17H29NO3/c1-6-11-18-17(13(4)19-5)14-9-10-15(20-7-2)16(12-14)21-8-3/h9-10,12-13,17-18H,6-8,11H2,1-5H3. The molecule has 0 fully saturated rings. The maximum Gasteiger partial charge on any atom is 0.161 e. The van der Waals surface area contributed by atoms with Gasteiger partial charge in [-0.2, -0.15) is 0 Å². The maximum absolute atomic E-state index is 5.70. The van der Waals surface area contributed by atoms with Gasteiger partial charge in [0.2, 0.25) is 0 Å². The van der Waals surface area contributed by atoms with E-state index in [1.807, 2.05) is 19.9 Å². The molecular formula is C17H29NO3. The van der Waals surface area contributed by atoms with E-state index in [1.54, 1.807) is 7.11 Å². The molecule has 21 heavy (non-hydrogen) atoms. The van der Waals surface area contributed by atoms with E-state index in [-0.39, 0.29) is 12.1 Å². The third-order valence-electron chi connectivity index (χ3n) is 3.38. The molecule has 0 aromatic heterocycles. The highest BCUT2D eigenvalue weighted by molar-refractivity contribution is 5.44. The first-order valence-electron chi connectivity index (χ1n) is 7.83. The Labute approximate surface area is 128 Å². The van der Waals surface area contributed by atoms with Crippen LogP contribution in [0.1, 0.15) is 45.7 Å². The largest absolute Gasteiger partial charge is 0.490 e. The minimum absolute atomic E-state index is 0.0870. The predicted molar refractivity (Wildman–Crippen MR) is 86.3 cm³/mol. The maximum atomic E-state index is 5.70. The molecule has 1 rings (SSSR count). The molecule has 2 atom stereocenters. The SMILES string of the molecule is CCCNC(c1ccc(OCC)c(OCC)c1)C(C)OC. The summed E-state index contributed by atoms with van der Waals surface area (Å²) in [6.45, 7) is 10.4. The van der Waals surface area contributed by atoms with Crippen molar-refractivity contribution in [1.82, 2.24) is 5.32 Å². The van der Waals surface area contributed by atoms with E-state index in [9.17, 15) is 0 Å². The molecule has 4 heteroatoms. The van der Waals surface area contributed by atoms with Gasteiger partial charge in [-0.1, -0.05) is 13.0 Å². The van der Waals surface area contributed by atoms with Gasteiger partial charge in [0, 0.05) is 7.11 Å². The fraction of sp³-hybridized carbons (Fsp3) is 0.647. The monoisotopic (exact) mass is 295 g/mol. The van der Waals surface area contributed by atoms with Crippen molar-refractivity contribution < 1.29 is 14.2 Å². The van der Waals surface area contributed by atoms with Gasteiger partial charge in [-0.3, -0.25) is 0 Å². The van der Waals surface area contributed by atoms with Gasteiger partial charge < -0.3 is 19.5 Å². The van der Waals surface area contributed by atoms with Crippen LogP contribution in [0.2, 0.25) is 0 Å². The second-order valence-electron chi connectivity index (χ2n) is 4.94. The van der Waals surface area contributed by atoms with E-state index in [2.05, 4.69) is 31.3 Å². The van der Waals surface area contributed by atoms with E-state index in [0.29, 0.717) is 13.2 Å². The van der Waals surface area contributed by atoms with Crippen LogP contribution in [0.15, 0.2) is 18.2 Å². The van der Waals surface area contributed by atoms with Crippen LogP contribution in [0.3, 0.4) is 0 Å². The third-order valence-corrected chi connectivity index (χ3v) is 3.38. The summed E-state index contributed by atoms with van der Waals surface area (Å²) < 4.78 is 16.8. The minimum atomic E-state index is 0.0870. The van der Waals surface area contributed by atoms with Crippen molar-refractivity contribution in [3.8, 4) is 11.5 Å². The lowest BCUT2D eigenvalue weighted by atomic mass is 10.0. The van der Waals surface area contributed by atoms with Gasteiger partial charge in [0.25, 0.3) is 0 Å². The lowest BCUT2D eigenvalue weighted by molar-refractivity contribution is 0.0829. The van der Waals surface area contributed by atoms with Gasteiger partial charge in [0.15, 0.2) is 11.5 Å². The van der Waals surface area contributed by atoms with Crippen LogP contribution < -0.4 is 14.8 Å². The molecule has 0 aliphatic heterocycles.